The maximum atomic E-state index is 5.39. The van der Waals surface area contributed by atoms with E-state index in [1.54, 1.807) is 0 Å². The van der Waals surface area contributed by atoms with E-state index < -0.39 is 0 Å². The largest absolute Gasteiger partial charge is 0.325 e. The van der Waals surface area contributed by atoms with Crippen molar-refractivity contribution in [1.29, 1.82) is 0 Å². The summed E-state index contributed by atoms with van der Waals surface area (Å²) in [5.74, 6) is 2.09. The molecule has 1 heterocycles. The first-order chi connectivity index (χ1) is 27.2. The first kappa shape index (κ1) is 34.4. The van der Waals surface area contributed by atoms with Crippen molar-refractivity contribution >= 4 is 33.2 Å². The summed E-state index contributed by atoms with van der Waals surface area (Å²) in [7, 11) is 0. The quantitative estimate of drug-likeness (QED) is 0.189. The number of amidine groups is 2. The molecular weight excluding hydrogens is 679 g/mol. The Morgan fingerprint density at radius 2 is 1.25 bits per heavy atom. The third kappa shape index (κ3) is 6.07. The number of nitrogens with zero attached hydrogens (tertiary/aromatic N) is 2. The van der Waals surface area contributed by atoms with Gasteiger partial charge in [0.15, 0.2) is 6.17 Å². The average molecular weight is 726 g/mol. The standard InChI is InChI=1S/C53H47N3/c1-52(2)29-30-53(3,4)48-33-41(25-28-47(48)52)43-26-27-46(45-16-10-9-15-44(43)45)51-55-49(54-50(56-51)42-24-20-35-12-6-8-14-39(35)32-42)37-21-17-36(18-22-37)40-23-19-34-11-5-7-13-38(34)31-40/h5-28,31,33,39,49H,29-30,32H2,1-4H3,(H,54,55,56). The molecule has 0 aromatic heterocycles. The summed E-state index contributed by atoms with van der Waals surface area (Å²) in [6.45, 7) is 9.61. The minimum atomic E-state index is -0.385. The van der Waals surface area contributed by atoms with Crippen molar-refractivity contribution in [2.75, 3.05) is 0 Å². The Bertz CT molecular complexity index is 2750. The molecule has 2 unspecified atom stereocenters. The highest BCUT2D eigenvalue weighted by molar-refractivity contribution is 6.21. The summed E-state index contributed by atoms with van der Waals surface area (Å²) in [5.41, 5.74) is 12.9. The highest BCUT2D eigenvalue weighted by Gasteiger charge is 2.37. The highest BCUT2D eigenvalue weighted by Crippen LogP contribution is 2.47. The minimum absolute atomic E-state index is 0.142. The van der Waals surface area contributed by atoms with Crippen LogP contribution < -0.4 is 5.32 Å². The SMILES string of the molecule is CC1(C)CCC(C)(C)c2cc(-c3ccc(C4=NC(c5ccc(-c6ccc7ccccc7c6)cc5)N=C(C5=CC=C6C=CC=CC6C5)N4)c4ccccc34)ccc21. The lowest BCUT2D eigenvalue weighted by Crippen LogP contribution is -2.37. The lowest BCUT2D eigenvalue weighted by Gasteiger charge is -2.42. The summed E-state index contributed by atoms with van der Waals surface area (Å²) in [6.07, 6.45) is 16.2. The molecule has 0 bridgehead atoms. The molecule has 0 fully saturated rings. The van der Waals surface area contributed by atoms with Gasteiger partial charge in [-0.2, -0.15) is 0 Å². The molecular formula is C53H47N3. The van der Waals surface area contributed by atoms with Crippen molar-refractivity contribution in [3.05, 3.63) is 191 Å². The van der Waals surface area contributed by atoms with Crippen LogP contribution in [-0.2, 0) is 10.8 Å². The second-order valence-electron chi connectivity index (χ2n) is 17.3. The molecule has 6 aromatic rings. The average Bonchev–Trinajstić information content (AvgIpc) is 3.24. The Hall–Kier alpha value is -6.06. The van der Waals surface area contributed by atoms with Gasteiger partial charge in [0.25, 0.3) is 0 Å². The van der Waals surface area contributed by atoms with Gasteiger partial charge in [-0.3, -0.25) is 0 Å². The number of hydrogen-bond acceptors (Lipinski definition) is 3. The summed E-state index contributed by atoms with van der Waals surface area (Å²) in [6, 6.07) is 44.6. The lowest BCUT2D eigenvalue weighted by atomic mass is 9.63. The number of benzene rings is 6. The zero-order valence-electron chi connectivity index (χ0n) is 32.7. The van der Waals surface area contributed by atoms with Crippen LogP contribution >= 0.6 is 0 Å². The predicted molar refractivity (Wildman–Crippen MR) is 236 cm³/mol. The van der Waals surface area contributed by atoms with Gasteiger partial charge < -0.3 is 5.32 Å². The van der Waals surface area contributed by atoms with E-state index in [1.807, 2.05) is 0 Å². The molecule has 0 spiro atoms. The van der Waals surface area contributed by atoms with Crippen LogP contribution in [0.25, 0.3) is 43.8 Å². The molecule has 3 heteroatoms. The number of aliphatic imine (C=N–C) groups is 2. The number of rotatable bonds is 5. The molecule has 2 atom stereocenters. The van der Waals surface area contributed by atoms with E-state index in [9.17, 15) is 0 Å². The van der Waals surface area contributed by atoms with Crippen LogP contribution in [0.2, 0.25) is 0 Å². The fraction of sp³-hybridized carbons (Fsp3) is 0.208. The van der Waals surface area contributed by atoms with Crippen molar-refractivity contribution in [2.45, 2.75) is 64.0 Å². The van der Waals surface area contributed by atoms with Crippen LogP contribution in [0.15, 0.2) is 179 Å². The van der Waals surface area contributed by atoms with Gasteiger partial charge in [-0.25, -0.2) is 9.98 Å². The summed E-state index contributed by atoms with van der Waals surface area (Å²) >= 11 is 0. The summed E-state index contributed by atoms with van der Waals surface area (Å²) in [5, 5.41) is 8.67. The fourth-order valence-corrected chi connectivity index (χ4v) is 9.27. The van der Waals surface area contributed by atoms with E-state index >= 15 is 0 Å². The third-order valence-electron chi connectivity index (χ3n) is 12.8. The van der Waals surface area contributed by atoms with E-state index in [-0.39, 0.29) is 17.0 Å². The van der Waals surface area contributed by atoms with Gasteiger partial charge in [0.1, 0.15) is 11.7 Å². The van der Waals surface area contributed by atoms with Gasteiger partial charge in [0, 0.05) is 11.5 Å². The van der Waals surface area contributed by atoms with Crippen molar-refractivity contribution in [3.63, 3.8) is 0 Å². The van der Waals surface area contributed by atoms with Crippen molar-refractivity contribution in [2.24, 2.45) is 15.9 Å². The Kier molecular flexibility index (Phi) is 8.18. The zero-order valence-corrected chi connectivity index (χ0v) is 32.7. The number of nitrogens with one attached hydrogen (secondary N) is 1. The molecule has 0 amide bonds. The van der Waals surface area contributed by atoms with Crippen LogP contribution in [0, 0.1) is 5.92 Å². The van der Waals surface area contributed by atoms with Crippen LogP contribution in [0.3, 0.4) is 0 Å². The smallest absolute Gasteiger partial charge is 0.169 e. The van der Waals surface area contributed by atoms with Crippen molar-refractivity contribution < 1.29 is 0 Å². The maximum absolute atomic E-state index is 5.39. The van der Waals surface area contributed by atoms with Crippen LogP contribution in [-0.4, -0.2) is 11.7 Å². The molecule has 0 radical (unpaired) electrons. The van der Waals surface area contributed by atoms with Gasteiger partial charge in [0.2, 0.25) is 0 Å². The van der Waals surface area contributed by atoms with E-state index in [0.29, 0.717) is 5.92 Å². The number of hydrogen-bond donors (Lipinski definition) is 1. The molecule has 6 aromatic carbocycles. The molecule has 0 saturated heterocycles. The second kappa shape index (κ2) is 13.3. The predicted octanol–water partition coefficient (Wildman–Crippen LogP) is 13.1. The Labute approximate surface area is 330 Å². The van der Waals surface area contributed by atoms with Gasteiger partial charge >= 0.3 is 0 Å². The van der Waals surface area contributed by atoms with Crippen molar-refractivity contribution in [3.8, 4) is 22.3 Å². The van der Waals surface area contributed by atoms with Crippen molar-refractivity contribution in [1.82, 2.24) is 5.32 Å². The summed E-state index contributed by atoms with van der Waals surface area (Å²) < 4.78 is 0. The minimum Gasteiger partial charge on any atom is -0.325 e. The molecule has 3 nitrogen and oxygen atoms in total. The van der Waals surface area contributed by atoms with Crippen LogP contribution in [0.5, 0.6) is 0 Å². The van der Waals surface area contributed by atoms with Gasteiger partial charge in [-0.15, -0.1) is 0 Å². The Morgan fingerprint density at radius 3 is 2.07 bits per heavy atom. The Balaban J connectivity index is 1.06. The maximum Gasteiger partial charge on any atom is 0.169 e. The topological polar surface area (TPSA) is 36.8 Å². The normalized spacial score (nSPS) is 20.6. The van der Waals surface area contributed by atoms with Gasteiger partial charge in [-0.05, 0) is 108 Å². The van der Waals surface area contributed by atoms with Gasteiger partial charge in [-0.1, -0.05) is 179 Å². The van der Waals surface area contributed by atoms with Gasteiger partial charge in [0.05, 0.1) is 0 Å². The number of fused-ring (bicyclic) bond motifs is 4. The van der Waals surface area contributed by atoms with E-state index in [4.69, 9.17) is 9.98 Å². The lowest BCUT2D eigenvalue weighted by molar-refractivity contribution is 0.332. The van der Waals surface area contributed by atoms with Crippen LogP contribution in [0.1, 0.15) is 75.4 Å². The van der Waals surface area contributed by atoms with E-state index in [1.165, 1.54) is 78.9 Å². The monoisotopic (exact) mass is 725 g/mol. The first-order valence-corrected chi connectivity index (χ1v) is 20.2. The van der Waals surface area contributed by atoms with Crippen LogP contribution in [0.4, 0.5) is 0 Å². The van der Waals surface area contributed by atoms with E-state index in [0.717, 1.165) is 29.2 Å². The molecule has 274 valence electrons. The second-order valence-corrected chi connectivity index (χ2v) is 17.3. The Morgan fingerprint density at radius 1 is 0.571 bits per heavy atom. The molecule has 56 heavy (non-hydrogen) atoms. The zero-order chi connectivity index (χ0) is 38.0. The fourth-order valence-electron chi connectivity index (χ4n) is 9.27. The first-order valence-electron chi connectivity index (χ1n) is 20.2. The van der Waals surface area contributed by atoms with E-state index in [2.05, 4.69) is 191 Å². The number of allylic oxidation sites excluding steroid dienone is 7. The molecule has 10 rings (SSSR count). The molecule has 0 saturated carbocycles. The third-order valence-corrected chi connectivity index (χ3v) is 12.8. The molecule has 4 aliphatic rings. The summed E-state index contributed by atoms with van der Waals surface area (Å²) in [4.78, 5) is 10.7. The molecule has 1 aliphatic heterocycles. The molecule has 1 N–H and O–H groups in total. The highest BCUT2D eigenvalue weighted by atomic mass is 15.2. The molecule has 3 aliphatic carbocycles.